The molecule has 1 atom stereocenters. The van der Waals surface area contributed by atoms with E-state index in [9.17, 15) is 27.2 Å². The lowest BCUT2D eigenvalue weighted by Crippen LogP contribution is -2.58. The van der Waals surface area contributed by atoms with Crippen LogP contribution in [0.3, 0.4) is 0 Å². The number of urea groups is 1. The molecule has 2 aromatic carbocycles. The molecule has 2 N–H and O–H groups in total. The van der Waals surface area contributed by atoms with Crippen LogP contribution in [0, 0.1) is 23.3 Å². The number of nitrogens with zero attached hydrogens (tertiary/aromatic N) is 3. The predicted octanol–water partition coefficient (Wildman–Crippen LogP) is 2.96. The molecule has 2 aliphatic heterocycles. The third-order valence-electron chi connectivity index (χ3n) is 4.99. The highest BCUT2D eigenvalue weighted by molar-refractivity contribution is 5.93. The molecule has 0 aromatic heterocycles. The summed E-state index contributed by atoms with van der Waals surface area (Å²) in [5, 5.41) is 5.12. The quantitative estimate of drug-likeness (QED) is 0.748. The van der Waals surface area contributed by atoms with Gasteiger partial charge in [0.15, 0.2) is 11.6 Å². The standard InChI is InChI=1S/C20H16F4N4O3/c21-11-3-10(4-12(22)5-11)17-1-2-26-28(17)20(30)27-8-13(9-27)31-18-6-14(19(25)29)15(23)7-16(18)24/h2-7,13,17H,1,8-9H2,(H2,25,29). The number of nitrogens with two attached hydrogens (primary N) is 1. The van der Waals surface area contributed by atoms with Gasteiger partial charge in [0.1, 0.15) is 23.6 Å². The Hall–Kier alpha value is -3.63. The normalized spacial score (nSPS) is 18.3. The highest BCUT2D eigenvalue weighted by Crippen LogP contribution is 2.32. The number of rotatable bonds is 4. The van der Waals surface area contributed by atoms with Crippen molar-refractivity contribution < 1.29 is 31.9 Å². The minimum absolute atomic E-state index is 0.0673. The van der Waals surface area contributed by atoms with Crippen LogP contribution in [0.1, 0.15) is 28.4 Å². The van der Waals surface area contributed by atoms with E-state index in [-0.39, 0.29) is 24.4 Å². The highest BCUT2D eigenvalue weighted by Gasteiger charge is 2.39. The Balaban J connectivity index is 1.41. The number of carbonyl (C=O) groups is 2. The zero-order valence-electron chi connectivity index (χ0n) is 15.9. The van der Waals surface area contributed by atoms with Gasteiger partial charge in [0.05, 0.1) is 24.7 Å². The van der Waals surface area contributed by atoms with Crippen molar-refractivity contribution in [2.45, 2.75) is 18.6 Å². The fourth-order valence-electron chi connectivity index (χ4n) is 3.44. The largest absolute Gasteiger partial charge is 0.484 e. The Labute approximate surface area is 173 Å². The second-order valence-electron chi connectivity index (χ2n) is 7.15. The van der Waals surface area contributed by atoms with Crippen LogP contribution in [-0.2, 0) is 0 Å². The van der Waals surface area contributed by atoms with E-state index in [2.05, 4.69) is 5.10 Å². The van der Waals surface area contributed by atoms with Gasteiger partial charge in [-0.25, -0.2) is 27.4 Å². The fourth-order valence-corrected chi connectivity index (χ4v) is 3.44. The molecular weight excluding hydrogens is 420 g/mol. The second kappa shape index (κ2) is 7.89. The van der Waals surface area contributed by atoms with Crippen LogP contribution in [0.15, 0.2) is 35.4 Å². The van der Waals surface area contributed by atoms with Crippen LogP contribution >= 0.6 is 0 Å². The SMILES string of the molecule is NC(=O)c1cc(OC2CN(C(=O)N3N=CCC3c3cc(F)cc(F)c3)C2)c(F)cc1F. The lowest BCUT2D eigenvalue weighted by Gasteiger charge is -2.41. The summed E-state index contributed by atoms with van der Waals surface area (Å²) in [5.74, 6) is -5.06. The van der Waals surface area contributed by atoms with Crippen molar-refractivity contribution in [3.05, 3.63) is 64.7 Å². The van der Waals surface area contributed by atoms with E-state index in [4.69, 9.17) is 10.5 Å². The maximum absolute atomic E-state index is 13.9. The van der Waals surface area contributed by atoms with Gasteiger partial charge in [0.2, 0.25) is 0 Å². The number of hydrogen-bond donors (Lipinski definition) is 1. The summed E-state index contributed by atoms with van der Waals surface area (Å²) >= 11 is 0. The third-order valence-corrected chi connectivity index (χ3v) is 4.99. The molecule has 2 aromatic rings. The van der Waals surface area contributed by atoms with Gasteiger partial charge in [-0.3, -0.25) is 4.79 Å². The molecule has 7 nitrogen and oxygen atoms in total. The van der Waals surface area contributed by atoms with Crippen molar-refractivity contribution >= 4 is 18.2 Å². The molecule has 31 heavy (non-hydrogen) atoms. The number of hydrogen-bond acceptors (Lipinski definition) is 4. The Kier molecular flexibility index (Phi) is 5.25. The first-order valence-corrected chi connectivity index (χ1v) is 9.25. The Bertz CT molecular complexity index is 1070. The molecule has 1 unspecified atom stereocenters. The Morgan fingerprint density at radius 2 is 1.68 bits per heavy atom. The molecule has 2 heterocycles. The van der Waals surface area contributed by atoms with Crippen molar-refractivity contribution in [1.29, 1.82) is 0 Å². The summed E-state index contributed by atoms with van der Waals surface area (Å²) < 4.78 is 60.0. The topological polar surface area (TPSA) is 88.2 Å². The first-order valence-electron chi connectivity index (χ1n) is 9.25. The summed E-state index contributed by atoms with van der Waals surface area (Å²) in [7, 11) is 0. The minimum Gasteiger partial charge on any atom is -0.484 e. The molecule has 0 radical (unpaired) electrons. The van der Waals surface area contributed by atoms with E-state index < -0.39 is 52.9 Å². The smallest absolute Gasteiger partial charge is 0.341 e. The van der Waals surface area contributed by atoms with Crippen molar-refractivity contribution in [1.82, 2.24) is 9.91 Å². The summed E-state index contributed by atoms with van der Waals surface area (Å²) in [6.07, 6.45) is 1.15. The lowest BCUT2D eigenvalue weighted by molar-refractivity contribution is 0.0256. The number of hydrazone groups is 1. The average Bonchev–Trinajstić information content (AvgIpc) is 3.14. The van der Waals surface area contributed by atoms with E-state index in [1.165, 1.54) is 11.1 Å². The summed E-state index contributed by atoms with van der Waals surface area (Å²) in [5.41, 5.74) is 4.80. The van der Waals surface area contributed by atoms with Crippen molar-refractivity contribution in [3.63, 3.8) is 0 Å². The van der Waals surface area contributed by atoms with Crippen molar-refractivity contribution in [2.75, 3.05) is 13.1 Å². The molecule has 0 saturated carbocycles. The molecule has 0 aliphatic carbocycles. The van der Waals surface area contributed by atoms with Gasteiger partial charge in [-0.2, -0.15) is 5.10 Å². The number of halogens is 4. The Morgan fingerprint density at radius 3 is 2.32 bits per heavy atom. The van der Waals surface area contributed by atoms with Gasteiger partial charge in [0, 0.05) is 24.8 Å². The van der Waals surface area contributed by atoms with Gasteiger partial charge in [-0.1, -0.05) is 0 Å². The van der Waals surface area contributed by atoms with Gasteiger partial charge in [-0.05, 0) is 23.8 Å². The summed E-state index contributed by atoms with van der Waals surface area (Å²) in [6, 6.07) is 3.21. The van der Waals surface area contributed by atoms with E-state index in [1.54, 1.807) is 0 Å². The molecule has 2 aliphatic rings. The monoisotopic (exact) mass is 436 g/mol. The molecule has 1 saturated heterocycles. The van der Waals surface area contributed by atoms with E-state index in [0.29, 0.717) is 12.5 Å². The first-order chi connectivity index (χ1) is 14.7. The zero-order valence-corrected chi connectivity index (χ0v) is 15.9. The lowest BCUT2D eigenvalue weighted by atomic mass is 10.0. The van der Waals surface area contributed by atoms with E-state index in [0.717, 1.165) is 29.3 Å². The summed E-state index contributed by atoms with van der Waals surface area (Å²) in [4.78, 5) is 25.3. The minimum atomic E-state index is -1.10. The average molecular weight is 436 g/mol. The van der Waals surface area contributed by atoms with Crippen LogP contribution in [0.4, 0.5) is 22.4 Å². The third kappa shape index (κ3) is 4.03. The van der Waals surface area contributed by atoms with Crippen molar-refractivity contribution in [2.24, 2.45) is 10.8 Å². The van der Waals surface area contributed by atoms with Gasteiger partial charge < -0.3 is 15.4 Å². The number of likely N-dealkylation sites (tertiary alicyclic amines) is 1. The van der Waals surface area contributed by atoms with Crippen LogP contribution < -0.4 is 10.5 Å². The number of primary amides is 1. The number of amides is 3. The van der Waals surface area contributed by atoms with E-state index in [1.807, 2.05) is 0 Å². The molecule has 11 heteroatoms. The highest BCUT2D eigenvalue weighted by atomic mass is 19.1. The molecule has 0 bridgehead atoms. The van der Waals surface area contributed by atoms with Crippen molar-refractivity contribution in [3.8, 4) is 5.75 Å². The maximum Gasteiger partial charge on any atom is 0.341 e. The molecular formula is C20H16F4N4O3. The van der Waals surface area contributed by atoms with E-state index >= 15 is 0 Å². The van der Waals surface area contributed by atoms with Crippen LogP contribution in [-0.4, -0.2) is 47.3 Å². The summed E-state index contributed by atoms with van der Waals surface area (Å²) in [6.45, 7) is 0.135. The second-order valence-corrected chi connectivity index (χ2v) is 7.15. The van der Waals surface area contributed by atoms with Crippen LogP contribution in [0.25, 0.3) is 0 Å². The van der Waals surface area contributed by atoms with Gasteiger partial charge in [-0.15, -0.1) is 0 Å². The van der Waals surface area contributed by atoms with Crippen LogP contribution in [0.2, 0.25) is 0 Å². The molecule has 4 rings (SSSR count). The molecule has 1 fully saturated rings. The van der Waals surface area contributed by atoms with Crippen LogP contribution in [0.5, 0.6) is 5.75 Å². The fraction of sp³-hybridized carbons (Fsp3) is 0.250. The number of carbonyl (C=O) groups excluding carboxylic acids is 2. The molecule has 0 spiro atoms. The number of benzene rings is 2. The predicted molar refractivity (Wildman–Crippen MR) is 100 cm³/mol. The maximum atomic E-state index is 13.9. The molecule has 3 amide bonds. The zero-order chi connectivity index (χ0) is 22.3. The van der Waals surface area contributed by atoms with Gasteiger partial charge in [0.25, 0.3) is 5.91 Å². The van der Waals surface area contributed by atoms with Gasteiger partial charge >= 0.3 is 6.03 Å². The number of ether oxygens (including phenoxy) is 1. The Morgan fingerprint density at radius 1 is 1.00 bits per heavy atom. The molecule has 162 valence electrons. The first kappa shape index (κ1) is 20.6.